The fourth-order valence-electron chi connectivity index (χ4n) is 6.88. The second-order valence-corrected chi connectivity index (χ2v) is 17.6. The number of sulfonamides is 1. The van der Waals surface area contributed by atoms with Gasteiger partial charge in [0.1, 0.15) is 11.3 Å². The van der Waals surface area contributed by atoms with E-state index in [1.807, 2.05) is 20.8 Å². The predicted octanol–water partition coefficient (Wildman–Crippen LogP) is 3.45. The Morgan fingerprint density at radius 2 is 1.82 bits per heavy atom. The maximum absolute atomic E-state index is 14.6. The molecule has 16 heteroatoms. The number of nitrogens with one attached hydrogen (secondary N) is 3. The average molecular weight is 738 g/mol. The number of thiophene rings is 1. The molecule has 272 valence electrons. The summed E-state index contributed by atoms with van der Waals surface area (Å²) in [4.78, 5) is 57.6. The minimum absolute atomic E-state index is 0.139. The number of methoxy groups -OCH3 is 1. The quantitative estimate of drug-likeness (QED) is 0.207. The number of ether oxygens (including phenoxy) is 1. The molecule has 0 radical (unpaired) electrons. The number of benzene rings is 1. The predicted molar refractivity (Wildman–Crippen MR) is 189 cm³/mol. The number of aromatic nitrogens is 4. The molecule has 0 bridgehead atoms. The molecule has 3 saturated carbocycles. The van der Waals surface area contributed by atoms with E-state index in [0.717, 1.165) is 0 Å². The summed E-state index contributed by atoms with van der Waals surface area (Å²) in [5.74, 6) is -3.27. The Labute approximate surface area is 300 Å². The summed E-state index contributed by atoms with van der Waals surface area (Å²) in [5, 5.41) is 20.1. The maximum Gasteiger partial charge on any atom is 0.261 e. The number of amides is 3. The van der Waals surface area contributed by atoms with E-state index < -0.39 is 67.9 Å². The molecule has 3 N–H and O–H groups in total. The lowest BCUT2D eigenvalue weighted by Crippen LogP contribution is -2.55. The lowest BCUT2D eigenvalue weighted by atomic mass is 9.77. The number of nitrogens with zero attached hydrogens (tertiary/aromatic N) is 4. The van der Waals surface area contributed by atoms with Crippen molar-refractivity contribution in [2.75, 3.05) is 7.11 Å². The van der Waals surface area contributed by atoms with Crippen LogP contribution in [0.5, 0.6) is 5.75 Å². The molecule has 6 rings (SSSR count). The minimum Gasteiger partial charge on any atom is -0.497 e. The first-order valence-corrected chi connectivity index (χ1v) is 19.4. The summed E-state index contributed by atoms with van der Waals surface area (Å²) in [6.45, 7) is 9.29. The minimum atomic E-state index is -3.88. The van der Waals surface area contributed by atoms with Crippen molar-refractivity contribution in [3.8, 4) is 17.1 Å². The molecule has 14 nitrogen and oxygen atoms in total. The molecule has 2 heterocycles. The van der Waals surface area contributed by atoms with Crippen LogP contribution in [0.2, 0.25) is 0 Å². The summed E-state index contributed by atoms with van der Waals surface area (Å²) in [6, 6.07) is 9.09. The molecule has 6 atom stereocenters. The number of rotatable bonds is 14. The summed E-state index contributed by atoms with van der Waals surface area (Å²) in [6.07, 6.45) is 3.48. The zero-order valence-corrected chi connectivity index (χ0v) is 30.6. The van der Waals surface area contributed by atoms with Crippen LogP contribution >= 0.6 is 11.3 Å². The van der Waals surface area contributed by atoms with Gasteiger partial charge < -0.3 is 15.4 Å². The summed E-state index contributed by atoms with van der Waals surface area (Å²) >= 11 is 1.25. The Hall–Kier alpha value is -4.44. The van der Waals surface area contributed by atoms with Crippen molar-refractivity contribution < 1.29 is 32.3 Å². The van der Waals surface area contributed by atoms with Crippen molar-refractivity contribution >= 4 is 44.9 Å². The van der Waals surface area contributed by atoms with E-state index in [2.05, 4.69) is 37.3 Å². The lowest BCUT2D eigenvalue weighted by Gasteiger charge is -2.33. The van der Waals surface area contributed by atoms with Crippen LogP contribution in [0.25, 0.3) is 11.4 Å². The van der Waals surface area contributed by atoms with E-state index in [1.54, 1.807) is 55.0 Å². The van der Waals surface area contributed by atoms with Gasteiger partial charge in [0, 0.05) is 17.4 Å². The summed E-state index contributed by atoms with van der Waals surface area (Å²) in [7, 11) is -2.31. The Morgan fingerprint density at radius 3 is 2.43 bits per heavy atom. The molecule has 2 unspecified atom stereocenters. The highest BCUT2D eigenvalue weighted by molar-refractivity contribution is 7.91. The van der Waals surface area contributed by atoms with Gasteiger partial charge in [0.05, 0.1) is 29.3 Å². The molecule has 2 aromatic heterocycles. The molecular formula is C35H43N7O7S2. The van der Waals surface area contributed by atoms with E-state index in [-0.39, 0.29) is 31.0 Å². The molecule has 51 heavy (non-hydrogen) atoms. The van der Waals surface area contributed by atoms with Gasteiger partial charge in [-0.1, -0.05) is 32.9 Å². The van der Waals surface area contributed by atoms with Crippen LogP contribution in [-0.4, -0.2) is 76.1 Å². The molecule has 0 spiro atoms. The van der Waals surface area contributed by atoms with Gasteiger partial charge in [-0.3, -0.25) is 23.9 Å². The smallest absolute Gasteiger partial charge is 0.261 e. The van der Waals surface area contributed by atoms with Gasteiger partial charge in [-0.2, -0.15) is 4.80 Å². The van der Waals surface area contributed by atoms with E-state index in [0.29, 0.717) is 41.3 Å². The molecule has 3 amide bonds. The zero-order valence-electron chi connectivity index (χ0n) is 29.0. The molecule has 3 aliphatic rings. The van der Waals surface area contributed by atoms with E-state index >= 15 is 0 Å². The fourth-order valence-corrected chi connectivity index (χ4v) is 8.87. The third kappa shape index (κ3) is 7.61. The lowest BCUT2D eigenvalue weighted by molar-refractivity contribution is -0.137. The highest BCUT2D eigenvalue weighted by Gasteiger charge is 2.62. The van der Waals surface area contributed by atoms with Gasteiger partial charge in [0.2, 0.25) is 21.8 Å². The molecule has 0 aliphatic heterocycles. The third-order valence-corrected chi connectivity index (χ3v) is 12.7. The van der Waals surface area contributed by atoms with Crippen molar-refractivity contribution in [1.82, 2.24) is 35.6 Å². The largest absolute Gasteiger partial charge is 0.497 e. The van der Waals surface area contributed by atoms with Crippen molar-refractivity contribution in [3.63, 3.8) is 0 Å². The summed E-state index contributed by atoms with van der Waals surface area (Å²) in [5.41, 5.74) is -1.50. The Bertz CT molecular complexity index is 1920. The SMILES string of the molecule is C=CC[C@@H]1C[C@@]1(NC(=O)[C@@H]1C[C@@H](n2nnc(-c3ccc(OC)cc3)n2)CC1C(=O)C(NC(=O)c1cccs1)C(C)(C)C)C(=O)NS(=O)(=O)C1CC1. The highest BCUT2D eigenvalue weighted by atomic mass is 32.2. The van der Waals surface area contributed by atoms with Crippen LogP contribution in [-0.2, 0) is 24.4 Å². The number of Topliss-reactive ketones (excluding diaryl/α,β-unsaturated/α-hetero) is 1. The number of tetrazole rings is 1. The van der Waals surface area contributed by atoms with E-state index in [4.69, 9.17) is 4.74 Å². The first-order chi connectivity index (χ1) is 24.2. The van der Waals surface area contributed by atoms with Crippen molar-refractivity contribution in [2.24, 2.45) is 23.2 Å². The summed E-state index contributed by atoms with van der Waals surface area (Å²) < 4.78 is 32.9. The molecule has 1 aromatic carbocycles. The number of carbonyl (C=O) groups is 4. The second-order valence-electron chi connectivity index (χ2n) is 14.7. The molecule has 3 aliphatic carbocycles. The first kappa shape index (κ1) is 36.4. The maximum atomic E-state index is 14.6. The number of hydrogen-bond acceptors (Lipinski definition) is 11. The highest BCUT2D eigenvalue weighted by Crippen LogP contribution is 2.49. The van der Waals surface area contributed by atoms with Gasteiger partial charge in [0.25, 0.3) is 11.8 Å². The van der Waals surface area contributed by atoms with Gasteiger partial charge in [0.15, 0.2) is 5.78 Å². The van der Waals surface area contributed by atoms with Crippen molar-refractivity contribution in [3.05, 3.63) is 59.3 Å². The number of allylic oxidation sites excluding steroid dienone is 1. The standard InChI is InChI=1S/C35H43N7O7S2/c1-6-8-21-19-35(21,33(46)40-51(47,48)24-14-15-24)37-31(44)26-18-22(42-39-30(38-41-42)20-10-12-23(49-5)13-11-20)17-25(26)28(43)29(34(2,3)4)36-32(45)27-9-7-16-50-27/h6-7,9-13,16,21-22,24-26,29H,1,8,14-15,17-19H2,2-5H3,(H,36,45)(H,37,44)(H,40,46)/t21-,22+,25?,26-,29?,35+/m1/s1. The van der Waals surface area contributed by atoms with Crippen molar-refractivity contribution in [2.45, 2.75) is 82.2 Å². The van der Waals surface area contributed by atoms with Gasteiger partial charge >= 0.3 is 0 Å². The van der Waals surface area contributed by atoms with Gasteiger partial charge in [-0.25, -0.2) is 8.42 Å². The van der Waals surface area contributed by atoms with E-state index in [1.165, 1.54) is 16.1 Å². The molecule has 0 saturated heterocycles. The first-order valence-electron chi connectivity index (χ1n) is 17.0. The monoisotopic (exact) mass is 737 g/mol. The van der Waals surface area contributed by atoms with Gasteiger partial charge in [-0.05, 0) is 90.8 Å². The van der Waals surface area contributed by atoms with Crippen LogP contribution in [0.4, 0.5) is 0 Å². The Balaban J connectivity index is 1.29. The molecular weight excluding hydrogens is 695 g/mol. The zero-order chi connectivity index (χ0) is 36.7. The van der Waals surface area contributed by atoms with Crippen LogP contribution in [0.1, 0.15) is 75.0 Å². The third-order valence-electron chi connectivity index (χ3n) is 10.0. The van der Waals surface area contributed by atoms with E-state index in [9.17, 15) is 27.6 Å². The molecule has 3 aromatic rings. The van der Waals surface area contributed by atoms with Gasteiger partial charge in [-0.15, -0.1) is 28.1 Å². The number of hydrogen-bond donors (Lipinski definition) is 3. The number of ketones is 1. The average Bonchev–Trinajstić information content (AvgIpc) is 3.81. The second kappa shape index (κ2) is 13.9. The molecule has 3 fully saturated rings. The fraction of sp³-hybridized carbons (Fsp3) is 0.514. The normalized spacial score (nSPS) is 25.0. The van der Waals surface area contributed by atoms with Crippen LogP contribution < -0.4 is 20.1 Å². The van der Waals surface area contributed by atoms with Crippen LogP contribution in [0, 0.1) is 23.2 Å². The van der Waals surface area contributed by atoms with Crippen LogP contribution in [0.15, 0.2) is 54.4 Å². The Morgan fingerprint density at radius 1 is 1.12 bits per heavy atom. The Kier molecular flexibility index (Phi) is 9.94. The van der Waals surface area contributed by atoms with Crippen LogP contribution in [0.3, 0.4) is 0 Å². The number of carbonyl (C=O) groups excluding carboxylic acids is 4. The topological polar surface area (TPSA) is 191 Å². The van der Waals surface area contributed by atoms with Crippen molar-refractivity contribution in [1.29, 1.82) is 0 Å².